The fourth-order valence-electron chi connectivity index (χ4n) is 2.09. The van der Waals surface area contributed by atoms with E-state index in [4.69, 9.17) is 23.2 Å². The Labute approximate surface area is 133 Å². The Bertz CT molecular complexity index is 769. The van der Waals surface area contributed by atoms with Crippen molar-refractivity contribution in [2.75, 3.05) is 0 Å². The third kappa shape index (κ3) is 2.92. The van der Waals surface area contributed by atoms with Gasteiger partial charge in [-0.15, -0.1) is 0 Å². The third-order valence-electron chi connectivity index (χ3n) is 3.24. The van der Waals surface area contributed by atoms with Gasteiger partial charge in [-0.05, 0) is 31.2 Å². The quantitative estimate of drug-likeness (QED) is 0.590. The molecule has 3 rings (SSSR count). The second-order valence-corrected chi connectivity index (χ2v) is 5.48. The molecule has 4 heteroatoms. The Morgan fingerprint density at radius 2 is 1.43 bits per heavy atom. The molecule has 21 heavy (non-hydrogen) atoms. The van der Waals surface area contributed by atoms with E-state index in [1.165, 1.54) is 0 Å². The summed E-state index contributed by atoms with van der Waals surface area (Å²) in [5.41, 5.74) is 3.63. The molecule has 0 spiro atoms. The van der Waals surface area contributed by atoms with Crippen LogP contribution in [0.3, 0.4) is 0 Å². The number of halogens is 2. The van der Waals surface area contributed by atoms with Crippen LogP contribution in [0.1, 0.15) is 5.56 Å². The molecule has 104 valence electrons. The fraction of sp³-hybridized carbons (Fsp3) is 0.0588. The van der Waals surface area contributed by atoms with Gasteiger partial charge in [0.05, 0.1) is 5.69 Å². The molecule has 1 heterocycles. The average Bonchev–Trinajstić information content (AvgIpc) is 2.51. The predicted octanol–water partition coefficient (Wildman–Crippen LogP) is 5.43. The average molecular weight is 315 g/mol. The Balaban J connectivity index is 2.16. The number of hydrogen-bond donors (Lipinski definition) is 0. The van der Waals surface area contributed by atoms with Gasteiger partial charge in [0.2, 0.25) is 0 Å². The zero-order valence-corrected chi connectivity index (χ0v) is 12.9. The van der Waals surface area contributed by atoms with Crippen molar-refractivity contribution in [2.45, 2.75) is 6.92 Å². The van der Waals surface area contributed by atoms with Crippen LogP contribution in [0, 0.1) is 6.92 Å². The van der Waals surface area contributed by atoms with Crippen molar-refractivity contribution in [3.63, 3.8) is 0 Å². The second kappa shape index (κ2) is 5.84. The molecule has 0 aliphatic heterocycles. The molecule has 0 unspecified atom stereocenters. The first-order valence-corrected chi connectivity index (χ1v) is 7.26. The molecule has 0 N–H and O–H groups in total. The van der Waals surface area contributed by atoms with E-state index in [0.717, 1.165) is 22.4 Å². The van der Waals surface area contributed by atoms with Crippen molar-refractivity contribution in [3.8, 4) is 22.6 Å². The van der Waals surface area contributed by atoms with E-state index in [0.29, 0.717) is 16.0 Å². The summed E-state index contributed by atoms with van der Waals surface area (Å²) >= 11 is 12.2. The summed E-state index contributed by atoms with van der Waals surface area (Å²) in [4.78, 5) is 9.03. The predicted molar refractivity (Wildman–Crippen MR) is 87.7 cm³/mol. The van der Waals surface area contributed by atoms with Gasteiger partial charge >= 0.3 is 0 Å². The molecule has 3 aromatic rings. The summed E-state index contributed by atoms with van der Waals surface area (Å²) in [6.07, 6.45) is 0. The van der Waals surface area contributed by atoms with Crippen LogP contribution in [0.15, 0.2) is 54.6 Å². The number of aromatic nitrogens is 2. The first kappa shape index (κ1) is 14.1. The van der Waals surface area contributed by atoms with Crippen LogP contribution >= 0.6 is 23.2 Å². The molecule has 0 fully saturated rings. The standard InChI is InChI=1S/C17H12Cl2N2/c1-11-15(12-5-3-2-4-6-12)20-17(21-16(11)19)13-7-9-14(18)10-8-13/h2-10H,1H3. The number of rotatable bonds is 2. The first-order valence-electron chi connectivity index (χ1n) is 6.50. The van der Waals surface area contributed by atoms with Gasteiger partial charge in [-0.3, -0.25) is 0 Å². The lowest BCUT2D eigenvalue weighted by Crippen LogP contribution is -1.97. The van der Waals surface area contributed by atoms with E-state index < -0.39 is 0 Å². The number of nitrogens with zero attached hydrogens (tertiary/aromatic N) is 2. The number of hydrogen-bond acceptors (Lipinski definition) is 2. The topological polar surface area (TPSA) is 25.8 Å². The molecule has 0 aliphatic carbocycles. The first-order chi connectivity index (χ1) is 10.1. The largest absolute Gasteiger partial charge is 0.228 e. The monoisotopic (exact) mass is 314 g/mol. The van der Waals surface area contributed by atoms with Gasteiger partial charge in [-0.1, -0.05) is 53.5 Å². The molecule has 2 nitrogen and oxygen atoms in total. The van der Waals surface area contributed by atoms with Gasteiger partial charge in [-0.25, -0.2) is 9.97 Å². The van der Waals surface area contributed by atoms with Crippen LogP contribution in [-0.2, 0) is 0 Å². The highest BCUT2D eigenvalue weighted by Crippen LogP contribution is 2.29. The maximum atomic E-state index is 6.27. The normalized spacial score (nSPS) is 10.6. The van der Waals surface area contributed by atoms with Gasteiger partial charge in [0.1, 0.15) is 5.15 Å². The maximum absolute atomic E-state index is 6.27. The van der Waals surface area contributed by atoms with E-state index in [-0.39, 0.29) is 0 Å². The van der Waals surface area contributed by atoms with Gasteiger partial charge in [-0.2, -0.15) is 0 Å². The summed E-state index contributed by atoms with van der Waals surface area (Å²) in [7, 11) is 0. The minimum atomic E-state index is 0.466. The second-order valence-electron chi connectivity index (χ2n) is 4.68. The molecule has 0 radical (unpaired) electrons. The van der Waals surface area contributed by atoms with Crippen molar-refractivity contribution in [1.82, 2.24) is 9.97 Å². The van der Waals surface area contributed by atoms with Gasteiger partial charge in [0, 0.05) is 21.7 Å². The Morgan fingerprint density at radius 1 is 0.762 bits per heavy atom. The SMILES string of the molecule is Cc1c(Cl)nc(-c2ccc(Cl)cc2)nc1-c1ccccc1. The highest BCUT2D eigenvalue weighted by molar-refractivity contribution is 6.31. The lowest BCUT2D eigenvalue weighted by atomic mass is 10.1. The summed E-state index contributed by atoms with van der Waals surface area (Å²) in [5.74, 6) is 0.598. The van der Waals surface area contributed by atoms with Crippen LogP contribution in [0.2, 0.25) is 10.2 Å². The highest BCUT2D eigenvalue weighted by atomic mass is 35.5. The lowest BCUT2D eigenvalue weighted by Gasteiger charge is -2.09. The highest BCUT2D eigenvalue weighted by Gasteiger charge is 2.12. The van der Waals surface area contributed by atoms with Crippen molar-refractivity contribution >= 4 is 23.2 Å². The van der Waals surface area contributed by atoms with Crippen molar-refractivity contribution in [3.05, 3.63) is 70.3 Å². The minimum Gasteiger partial charge on any atom is -0.228 e. The zero-order valence-electron chi connectivity index (χ0n) is 11.3. The molecule has 0 bridgehead atoms. The van der Waals surface area contributed by atoms with Gasteiger partial charge in [0.15, 0.2) is 5.82 Å². The Hall–Kier alpha value is -1.90. The van der Waals surface area contributed by atoms with E-state index in [1.807, 2.05) is 61.5 Å². The van der Waals surface area contributed by atoms with E-state index >= 15 is 0 Å². The van der Waals surface area contributed by atoms with Crippen LogP contribution in [0.4, 0.5) is 0 Å². The molecule has 0 atom stereocenters. The minimum absolute atomic E-state index is 0.466. The molecule has 2 aromatic carbocycles. The summed E-state index contributed by atoms with van der Waals surface area (Å²) in [5, 5.41) is 1.15. The Kier molecular flexibility index (Phi) is 3.91. The van der Waals surface area contributed by atoms with Crippen molar-refractivity contribution in [2.24, 2.45) is 0 Å². The van der Waals surface area contributed by atoms with E-state index in [2.05, 4.69) is 9.97 Å². The van der Waals surface area contributed by atoms with Crippen molar-refractivity contribution < 1.29 is 0 Å². The number of benzene rings is 2. The third-order valence-corrected chi connectivity index (χ3v) is 3.86. The maximum Gasteiger partial charge on any atom is 0.161 e. The molecular weight excluding hydrogens is 303 g/mol. The molecule has 0 saturated heterocycles. The fourth-order valence-corrected chi connectivity index (χ4v) is 2.39. The summed E-state index contributed by atoms with van der Waals surface area (Å²) in [6.45, 7) is 1.93. The van der Waals surface area contributed by atoms with Crippen LogP contribution < -0.4 is 0 Å². The lowest BCUT2D eigenvalue weighted by molar-refractivity contribution is 1.14. The van der Waals surface area contributed by atoms with Crippen LogP contribution in [0.25, 0.3) is 22.6 Å². The zero-order chi connectivity index (χ0) is 14.8. The smallest absolute Gasteiger partial charge is 0.161 e. The summed E-state index contributed by atoms with van der Waals surface area (Å²) in [6, 6.07) is 17.4. The van der Waals surface area contributed by atoms with Crippen molar-refractivity contribution in [1.29, 1.82) is 0 Å². The Morgan fingerprint density at radius 3 is 2.10 bits per heavy atom. The van der Waals surface area contributed by atoms with E-state index in [1.54, 1.807) is 0 Å². The van der Waals surface area contributed by atoms with Gasteiger partial charge < -0.3 is 0 Å². The molecule has 0 aliphatic rings. The summed E-state index contributed by atoms with van der Waals surface area (Å²) < 4.78 is 0. The van der Waals surface area contributed by atoms with E-state index in [9.17, 15) is 0 Å². The molecule has 0 amide bonds. The molecular formula is C17H12Cl2N2. The van der Waals surface area contributed by atoms with Crippen LogP contribution in [-0.4, -0.2) is 9.97 Å². The molecule has 0 saturated carbocycles. The van der Waals surface area contributed by atoms with Gasteiger partial charge in [0.25, 0.3) is 0 Å². The van der Waals surface area contributed by atoms with Crippen LogP contribution in [0.5, 0.6) is 0 Å². The molecule has 1 aromatic heterocycles.